The molecule has 20 heavy (non-hydrogen) atoms. The van der Waals surface area contributed by atoms with E-state index in [1.165, 1.54) is 5.56 Å². The molecule has 1 unspecified atom stereocenters. The van der Waals surface area contributed by atoms with Crippen molar-refractivity contribution in [1.29, 1.82) is 0 Å². The SMILES string of the molecule is CCc1ccc(NC(=O)N2CCCC(C(N)=O)C2)cc1. The lowest BCUT2D eigenvalue weighted by Gasteiger charge is -2.31. The number of nitrogens with two attached hydrogens (primary N) is 1. The standard InChI is InChI=1S/C15H21N3O2/c1-2-11-5-7-13(8-6-11)17-15(20)18-9-3-4-12(10-18)14(16)19/h5-8,12H,2-4,9-10H2,1H3,(H2,16,19)(H,17,20). The van der Waals surface area contributed by atoms with Gasteiger partial charge in [-0.3, -0.25) is 4.79 Å². The van der Waals surface area contributed by atoms with Crippen molar-refractivity contribution in [2.75, 3.05) is 18.4 Å². The highest BCUT2D eigenvalue weighted by molar-refractivity contribution is 5.90. The molecular formula is C15H21N3O2. The van der Waals surface area contributed by atoms with Crippen molar-refractivity contribution in [2.24, 2.45) is 11.7 Å². The van der Waals surface area contributed by atoms with E-state index >= 15 is 0 Å². The summed E-state index contributed by atoms with van der Waals surface area (Å²) >= 11 is 0. The van der Waals surface area contributed by atoms with Crippen LogP contribution in [0.5, 0.6) is 0 Å². The molecule has 1 saturated heterocycles. The number of carbonyl (C=O) groups is 2. The number of carbonyl (C=O) groups excluding carboxylic acids is 2. The number of primary amides is 1. The molecular weight excluding hydrogens is 254 g/mol. The fourth-order valence-electron chi connectivity index (χ4n) is 2.42. The molecule has 1 aromatic carbocycles. The number of benzene rings is 1. The van der Waals surface area contributed by atoms with Gasteiger partial charge in [-0.25, -0.2) is 4.79 Å². The number of piperidine rings is 1. The lowest BCUT2D eigenvalue weighted by molar-refractivity contribution is -0.123. The van der Waals surface area contributed by atoms with Crippen LogP contribution in [0.15, 0.2) is 24.3 Å². The summed E-state index contributed by atoms with van der Waals surface area (Å²) in [6.45, 7) is 3.17. The van der Waals surface area contributed by atoms with Crippen LogP contribution < -0.4 is 11.1 Å². The Morgan fingerprint density at radius 1 is 1.35 bits per heavy atom. The zero-order valence-corrected chi connectivity index (χ0v) is 11.8. The van der Waals surface area contributed by atoms with Gasteiger partial charge >= 0.3 is 6.03 Å². The van der Waals surface area contributed by atoms with E-state index < -0.39 is 0 Å². The van der Waals surface area contributed by atoms with E-state index in [0.717, 1.165) is 24.9 Å². The van der Waals surface area contributed by atoms with Crippen molar-refractivity contribution in [3.05, 3.63) is 29.8 Å². The number of nitrogens with one attached hydrogen (secondary N) is 1. The van der Waals surface area contributed by atoms with Gasteiger partial charge in [0.25, 0.3) is 0 Å². The van der Waals surface area contributed by atoms with Crippen molar-refractivity contribution in [3.8, 4) is 0 Å². The number of urea groups is 1. The zero-order valence-electron chi connectivity index (χ0n) is 11.8. The van der Waals surface area contributed by atoms with Gasteiger partial charge < -0.3 is 16.0 Å². The molecule has 1 heterocycles. The maximum absolute atomic E-state index is 12.2. The molecule has 1 aliphatic heterocycles. The predicted molar refractivity (Wildman–Crippen MR) is 78.3 cm³/mol. The van der Waals surface area contributed by atoms with Crippen LogP contribution in [-0.4, -0.2) is 29.9 Å². The van der Waals surface area contributed by atoms with E-state index in [2.05, 4.69) is 12.2 Å². The second-order valence-electron chi connectivity index (χ2n) is 5.17. The average Bonchev–Trinajstić information content (AvgIpc) is 2.48. The minimum absolute atomic E-state index is 0.166. The Hall–Kier alpha value is -2.04. The van der Waals surface area contributed by atoms with Gasteiger partial charge in [-0.2, -0.15) is 0 Å². The molecule has 108 valence electrons. The molecule has 1 aliphatic rings. The van der Waals surface area contributed by atoms with Gasteiger partial charge in [-0.15, -0.1) is 0 Å². The first-order chi connectivity index (χ1) is 9.60. The van der Waals surface area contributed by atoms with Crippen LogP contribution in [0.3, 0.4) is 0 Å². The Kier molecular flexibility index (Phi) is 4.61. The Morgan fingerprint density at radius 2 is 2.05 bits per heavy atom. The highest BCUT2D eigenvalue weighted by atomic mass is 16.2. The first-order valence-electron chi connectivity index (χ1n) is 7.04. The number of nitrogens with zero attached hydrogens (tertiary/aromatic N) is 1. The number of rotatable bonds is 3. The highest BCUT2D eigenvalue weighted by Gasteiger charge is 2.26. The molecule has 3 N–H and O–H groups in total. The third-order valence-corrected chi connectivity index (χ3v) is 3.72. The Balaban J connectivity index is 1.95. The molecule has 1 atom stereocenters. The largest absolute Gasteiger partial charge is 0.369 e. The molecule has 0 aromatic heterocycles. The van der Waals surface area contributed by atoms with Crippen molar-refractivity contribution in [2.45, 2.75) is 26.2 Å². The van der Waals surface area contributed by atoms with Gasteiger partial charge in [-0.05, 0) is 37.0 Å². The molecule has 0 aliphatic carbocycles. The Bertz CT molecular complexity index is 484. The van der Waals surface area contributed by atoms with Gasteiger partial charge in [0.1, 0.15) is 0 Å². The van der Waals surface area contributed by atoms with Gasteiger partial charge in [0.15, 0.2) is 0 Å². The van der Waals surface area contributed by atoms with E-state index in [-0.39, 0.29) is 17.9 Å². The number of hydrogen-bond acceptors (Lipinski definition) is 2. The lowest BCUT2D eigenvalue weighted by Crippen LogP contribution is -2.45. The molecule has 1 fully saturated rings. The number of likely N-dealkylation sites (tertiary alicyclic amines) is 1. The highest BCUT2D eigenvalue weighted by Crippen LogP contribution is 2.17. The molecule has 0 radical (unpaired) electrons. The summed E-state index contributed by atoms with van der Waals surface area (Å²) in [5, 5.41) is 2.86. The third kappa shape index (κ3) is 3.50. The number of amides is 3. The summed E-state index contributed by atoms with van der Waals surface area (Å²) in [5.74, 6) is -0.549. The van der Waals surface area contributed by atoms with Crippen molar-refractivity contribution < 1.29 is 9.59 Å². The minimum atomic E-state index is -0.324. The van der Waals surface area contributed by atoms with Crippen molar-refractivity contribution in [1.82, 2.24) is 4.90 Å². The van der Waals surface area contributed by atoms with E-state index in [9.17, 15) is 9.59 Å². The van der Waals surface area contributed by atoms with Crippen molar-refractivity contribution >= 4 is 17.6 Å². The molecule has 0 bridgehead atoms. The maximum Gasteiger partial charge on any atom is 0.321 e. The fourth-order valence-corrected chi connectivity index (χ4v) is 2.42. The van der Waals surface area contributed by atoms with E-state index in [4.69, 9.17) is 5.73 Å². The first kappa shape index (κ1) is 14.4. The van der Waals surface area contributed by atoms with Gasteiger partial charge in [0.05, 0.1) is 5.92 Å². The van der Waals surface area contributed by atoms with Crippen LogP contribution in [0, 0.1) is 5.92 Å². The van der Waals surface area contributed by atoms with E-state index in [0.29, 0.717) is 13.1 Å². The van der Waals surface area contributed by atoms with Crippen LogP contribution in [0.1, 0.15) is 25.3 Å². The summed E-state index contributed by atoms with van der Waals surface area (Å²) in [6, 6.07) is 7.62. The first-order valence-corrected chi connectivity index (χ1v) is 7.04. The number of anilines is 1. The number of aryl methyl sites for hydroxylation is 1. The molecule has 0 spiro atoms. The van der Waals surface area contributed by atoms with Crippen LogP contribution in [-0.2, 0) is 11.2 Å². The van der Waals surface area contributed by atoms with Crippen LogP contribution in [0.25, 0.3) is 0 Å². The van der Waals surface area contributed by atoms with Gasteiger partial charge in [0.2, 0.25) is 5.91 Å². The van der Waals surface area contributed by atoms with Crippen LogP contribution in [0.4, 0.5) is 10.5 Å². The van der Waals surface area contributed by atoms with Crippen LogP contribution >= 0.6 is 0 Å². The normalized spacial score (nSPS) is 18.6. The molecule has 1 aromatic rings. The Morgan fingerprint density at radius 3 is 2.65 bits per heavy atom. The second-order valence-corrected chi connectivity index (χ2v) is 5.17. The quantitative estimate of drug-likeness (QED) is 0.885. The Labute approximate surface area is 119 Å². The summed E-state index contributed by atoms with van der Waals surface area (Å²) in [7, 11) is 0. The van der Waals surface area contributed by atoms with E-state index in [1.54, 1.807) is 4.90 Å². The summed E-state index contributed by atoms with van der Waals surface area (Å²) in [6.07, 6.45) is 2.56. The molecule has 5 nitrogen and oxygen atoms in total. The maximum atomic E-state index is 12.2. The molecule has 3 amide bonds. The molecule has 2 rings (SSSR count). The average molecular weight is 275 g/mol. The third-order valence-electron chi connectivity index (χ3n) is 3.72. The van der Waals surface area contributed by atoms with Crippen molar-refractivity contribution in [3.63, 3.8) is 0 Å². The summed E-state index contributed by atoms with van der Waals surface area (Å²) < 4.78 is 0. The fraction of sp³-hybridized carbons (Fsp3) is 0.467. The smallest absolute Gasteiger partial charge is 0.321 e. The summed E-state index contributed by atoms with van der Waals surface area (Å²) in [5.41, 5.74) is 7.32. The zero-order chi connectivity index (χ0) is 14.5. The number of hydrogen-bond donors (Lipinski definition) is 2. The molecule has 5 heteroatoms. The minimum Gasteiger partial charge on any atom is -0.369 e. The van der Waals surface area contributed by atoms with Gasteiger partial charge in [-0.1, -0.05) is 19.1 Å². The van der Waals surface area contributed by atoms with Crippen LogP contribution in [0.2, 0.25) is 0 Å². The monoisotopic (exact) mass is 275 g/mol. The van der Waals surface area contributed by atoms with Gasteiger partial charge in [0, 0.05) is 18.8 Å². The van der Waals surface area contributed by atoms with E-state index in [1.807, 2.05) is 24.3 Å². The predicted octanol–water partition coefficient (Wildman–Crippen LogP) is 1.98. The topological polar surface area (TPSA) is 75.4 Å². The molecule has 0 saturated carbocycles. The lowest BCUT2D eigenvalue weighted by atomic mass is 9.98. The summed E-state index contributed by atoms with van der Waals surface area (Å²) in [4.78, 5) is 25.0. The second kappa shape index (κ2) is 6.41.